The molecule has 35 nitrogen and oxygen atoms in total. The summed E-state index contributed by atoms with van der Waals surface area (Å²) in [6.07, 6.45) is -12.6. The van der Waals surface area contributed by atoms with Crippen LogP contribution in [0.1, 0.15) is 55.3 Å². The van der Waals surface area contributed by atoms with Gasteiger partial charge in [-0.2, -0.15) is 0 Å². The third-order valence-electron chi connectivity index (χ3n) is 15.0. The highest BCUT2D eigenvalue weighted by molar-refractivity contribution is 14.1. The Labute approximate surface area is 568 Å². The van der Waals surface area contributed by atoms with E-state index in [2.05, 4.69) is 16.5 Å². The number of nitrogens with one attached hydrogen (secondary N) is 5. The van der Waals surface area contributed by atoms with Gasteiger partial charge < -0.3 is 69.3 Å². The van der Waals surface area contributed by atoms with Gasteiger partial charge in [-0.1, -0.05) is 99.5 Å². The smallest absolute Gasteiger partial charge is 0.338 e. The number of ether oxygens (including phenoxy) is 6. The summed E-state index contributed by atoms with van der Waals surface area (Å²) in [4.78, 5) is 135. The molecule has 518 valence electrons. The first-order valence-corrected chi connectivity index (χ1v) is 32.2. The number of aliphatic hydroxyl groups is 8. The number of rotatable bonds is 11. The minimum absolute atomic E-state index is 0.0140. The predicted octanol–water partition coefficient (Wildman–Crippen LogP) is -3.68. The molecule has 0 spiro atoms. The van der Waals surface area contributed by atoms with Crippen LogP contribution in [0.25, 0.3) is 0 Å². The summed E-state index contributed by atoms with van der Waals surface area (Å²) in [5, 5.41) is 76.3. The Hall–Kier alpha value is -6.87. The van der Waals surface area contributed by atoms with Crippen LogP contribution in [0, 0.1) is 5.92 Å². The van der Waals surface area contributed by atoms with Crippen molar-refractivity contribution < 1.29 is 87.2 Å². The molecule has 10 heterocycles. The predicted molar refractivity (Wildman–Crippen MR) is 342 cm³/mol. The Morgan fingerprint density at radius 3 is 1.27 bits per heavy atom. The maximum atomic E-state index is 15.1. The number of carbonyl (C=O) groups is 1. The molecule has 6 aromatic rings. The fourth-order valence-corrected chi connectivity index (χ4v) is 11.9. The lowest BCUT2D eigenvalue weighted by Crippen LogP contribution is -2.42. The van der Waals surface area contributed by atoms with Crippen molar-refractivity contribution in [3.63, 3.8) is 0 Å². The average molecular weight is 1690 g/mol. The van der Waals surface area contributed by atoms with E-state index >= 15 is 4.39 Å². The Morgan fingerprint density at radius 2 is 0.926 bits per heavy atom. The molecule has 0 amide bonds. The molecule has 41 heteroatoms. The number of aliphatic hydroxyl groups excluding tert-OH is 8. The molecule has 5 aliphatic heterocycles. The van der Waals surface area contributed by atoms with Crippen LogP contribution in [0.15, 0.2) is 152 Å². The van der Waals surface area contributed by atoms with Crippen molar-refractivity contribution in [1.82, 2.24) is 47.8 Å². The third kappa shape index (κ3) is 16.8. The van der Waals surface area contributed by atoms with Crippen molar-refractivity contribution in [3.8, 4) is 0 Å². The Balaban J connectivity index is 0.000000170. The van der Waals surface area contributed by atoms with E-state index in [9.17, 15) is 97.3 Å². The number of aromatic nitrogens is 10. The first-order valence-electron chi connectivity index (χ1n) is 27.6. The van der Waals surface area contributed by atoms with Gasteiger partial charge in [0.1, 0.15) is 54.6 Å². The highest BCUT2D eigenvalue weighted by Gasteiger charge is 2.58. The monoisotopic (exact) mass is 1690 g/mol. The van der Waals surface area contributed by atoms with E-state index in [1.54, 1.807) is 59.8 Å². The van der Waals surface area contributed by atoms with Gasteiger partial charge in [-0.3, -0.25) is 71.7 Å². The zero-order valence-corrected chi connectivity index (χ0v) is 55.4. The molecular weight excluding hydrogens is 1630 g/mol. The number of halogens is 6. The Bertz CT molecular complexity index is 4220. The average Bonchev–Trinajstić information content (AvgIpc) is 1.65. The summed E-state index contributed by atoms with van der Waals surface area (Å²) in [6, 6.07) is 13.7. The number of carbonyl (C=O) groups excluding carboxylic acids is 1. The Kier molecular flexibility index (Phi) is 25.1. The second-order valence-electron chi connectivity index (χ2n) is 21.3. The van der Waals surface area contributed by atoms with Crippen molar-refractivity contribution >= 4 is 73.7 Å². The van der Waals surface area contributed by atoms with Crippen molar-refractivity contribution in [2.24, 2.45) is 5.92 Å². The zero-order valence-electron chi connectivity index (χ0n) is 49.0. The summed E-state index contributed by atoms with van der Waals surface area (Å²) in [5.41, 5.74) is -8.66. The molecule has 11 rings (SSSR count). The lowest BCUT2D eigenvalue weighted by molar-refractivity contribution is -0.169. The quantitative estimate of drug-likeness (QED) is 0.0338. The topological polar surface area (TPSA) is 509 Å². The van der Waals surface area contributed by atoms with Crippen LogP contribution in [0.3, 0.4) is 0 Å². The molecule has 5 saturated heterocycles. The number of H-pyrrole nitrogens is 5. The first kappa shape index (κ1) is 75.5. The van der Waals surface area contributed by atoms with Crippen molar-refractivity contribution in [2.45, 2.75) is 123 Å². The highest BCUT2D eigenvalue weighted by Crippen LogP contribution is 2.46. The lowest BCUT2D eigenvalue weighted by Gasteiger charge is -2.23. The van der Waals surface area contributed by atoms with Gasteiger partial charge in [0.15, 0.2) is 36.7 Å². The molecular formula is C54H60F3I3N10O25. The number of hydrogen-bond acceptors (Lipinski definition) is 25. The minimum atomic E-state index is -2.43. The van der Waals surface area contributed by atoms with Gasteiger partial charge in [0.05, 0.1) is 33.0 Å². The summed E-state index contributed by atoms with van der Waals surface area (Å²) in [7, 11) is 0. The third-order valence-corrected chi connectivity index (χ3v) is 17.9. The van der Waals surface area contributed by atoms with Gasteiger partial charge in [0, 0.05) is 65.7 Å². The van der Waals surface area contributed by atoms with E-state index in [4.69, 9.17) is 33.5 Å². The maximum absolute atomic E-state index is 15.1. The highest BCUT2D eigenvalue weighted by atomic mass is 127. The summed E-state index contributed by atoms with van der Waals surface area (Å²) in [5.74, 6) is -6.14. The fraction of sp³-hybridized carbons (Fsp3) is 0.463. The van der Waals surface area contributed by atoms with E-state index in [0.29, 0.717) is 9.99 Å². The Morgan fingerprint density at radius 1 is 0.547 bits per heavy atom. The summed E-state index contributed by atoms with van der Waals surface area (Å²) < 4.78 is 79.6. The maximum Gasteiger partial charge on any atom is 0.338 e. The molecule has 19 atom stereocenters. The van der Waals surface area contributed by atoms with Crippen LogP contribution in [0.2, 0.25) is 0 Å². The van der Waals surface area contributed by atoms with E-state index in [1.165, 1.54) is 12.4 Å². The molecule has 0 saturated carbocycles. The van der Waals surface area contributed by atoms with Gasteiger partial charge in [-0.05, 0) is 19.1 Å². The van der Waals surface area contributed by atoms with E-state index in [0.717, 1.165) is 78.7 Å². The van der Waals surface area contributed by atoms with Crippen molar-refractivity contribution in [2.75, 3.05) is 19.9 Å². The number of hydrogen-bond donors (Lipinski definition) is 13. The molecule has 95 heavy (non-hydrogen) atoms. The first-order chi connectivity index (χ1) is 44.7. The molecule has 0 radical (unpaired) electrons. The van der Waals surface area contributed by atoms with Gasteiger partial charge >= 0.3 is 34.4 Å². The molecule has 5 aliphatic rings. The molecule has 5 aromatic heterocycles. The summed E-state index contributed by atoms with van der Waals surface area (Å²) in [6.45, 7) is 5.52. The minimum Gasteiger partial charge on any atom is -0.469 e. The van der Waals surface area contributed by atoms with E-state index in [1.807, 2.05) is 60.1 Å². The second-order valence-corrected chi connectivity index (χ2v) is 23.7. The van der Waals surface area contributed by atoms with Crippen molar-refractivity contribution in [3.05, 3.63) is 214 Å². The standard InChI is InChI=1S/C17H16FIN2O5.C10H11FN2O4.C9H10FIN2O5.C9H11IN2O5.C9H12N2O6/c1-10-13(25-15(23)11-5-3-2-4-6-11)14(26-17(10,18)9-19)21-8-7-12(22)20-16(21)24;1-5-7(15)10(2,11)8(17-5)13-4-3-6(14)12-9(13)16;10-9(3-11)6(16)5(15)7(18-9)13-2-1-4(14)12-8(13)17;10-3-4-6(14)7(15)8(17-4)12-2-1-5(13)11-9(12)16;12-3-4-6(14)7(15)8(17-4)11-2-1-5(13)10-9(11)16/h2-8,10,13-14H,9H2,1H3,(H,20,22,24);3-4,7-8,15H,1H2,2H3,(H,12,14,16);1-2,5-7,15-16H,3H2,(H,12,14,17);1-2,4,6-8,14-15H,3H2,(H,11,13,16);1-2,4,6-8,12,14-15H,3H2,(H,10,13,16)/t10-,13+,14+,17+;7-,8-,10-;5-,6+,7-,9-;2*4-,6-,7-,8-/m01111/s1. The fourth-order valence-electron chi connectivity index (χ4n) is 9.67. The zero-order chi connectivity index (χ0) is 70.3. The van der Waals surface area contributed by atoms with Crippen LogP contribution in [-0.4, -0.2) is 193 Å². The number of benzene rings is 1. The number of aromatic amines is 5. The summed E-state index contributed by atoms with van der Waals surface area (Å²) >= 11 is 5.51. The SMILES string of the molecule is C=C1O[C@@H](n2ccc(=O)[nH]c2=O)[C@](C)(F)[C@@H]1O.C[C@H]1[C@@H](OC(=O)c2ccccc2)[C@H](n2ccc(=O)[nH]c2=O)O[C@]1(F)CI.O=c1ccn([C@@H]2O[C@H](CI)[C@@H](O)[C@H]2O)c(=O)[nH]1.O=c1ccn([C@@H]2O[C@H](CO)[C@@H](O)[C@H]2O)c(=O)[nH]1.O=c1ccn([C@@H]2O[C@](F)(CI)[C@@H](O)[C@H]2O)c(=O)[nH]1. The van der Waals surface area contributed by atoms with Crippen molar-refractivity contribution in [1.29, 1.82) is 0 Å². The van der Waals surface area contributed by atoms with Crippen LogP contribution in [0.5, 0.6) is 0 Å². The van der Waals surface area contributed by atoms with Gasteiger partial charge in [-0.15, -0.1) is 0 Å². The van der Waals surface area contributed by atoms with Gasteiger partial charge in [0.25, 0.3) is 27.8 Å². The lowest BCUT2D eigenvalue weighted by atomic mass is 9.99. The number of esters is 1. The van der Waals surface area contributed by atoms with Gasteiger partial charge in [-0.25, -0.2) is 41.9 Å². The molecule has 1 aromatic carbocycles. The van der Waals surface area contributed by atoms with E-state index in [-0.39, 0.29) is 14.6 Å². The van der Waals surface area contributed by atoms with Crippen LogP contribution < -0.4 is 56.2 Å². The number of nitrogens with zero attached hydrogens (tertiary/aromatic N) is 5. The van der Waals surface area contributed by atoms with Gasteiger partial charge in [0.2, 0.25) is 17.9 Å². The van der Waals surface area contributed by atoms with E-state index < -0.39 is 184 Å². The second kappa shape index (κ2) is 31.6. The molecule has 0 unspecified atom stereocenters. The largest absolute Gasteiger partial charge is 0.469 e. The molecule has 13 N–H and O–H groups in total. The number of alkyl halides is 6. The van der Waals surface area contributed by atoms with Crippen LogP contribution in [0.4, 0.5) is 13.2 Å². The molecule has 0 bridgehead atoms. The molecule has 0 aliphatic carbocycles. The van der Waals surface area contributed by atoms with Crippen LogP contribution in [-0.2, 0) is 28.4 Å². The van der Waals surface area contributed by atoms with Crippen LogP contribution >= 0.6 is 67.8 Å². The molecule has 5 fully saturated rings. The normalized spacial score (nSPS) is 32.1.